The van der Waals surface area contributed by atoms with Crippen molar-refractivity contribution in [3.63, 3.8) is 0 Å². The fourth-order valence-electron chi connectivity index (χ4n) is 1.74. The van der Waals surface area contributed by atoms with E-state index in [9.17, 15) is 24.1 Å². The van der Waals surface area contributed by atoms with Gasteiger partial charge in [-0.1, -0.05) is 0 Å². The van der Waals surface area contributed by atoms with Crippen LogP contribution in [0.25, 0.3) is 0 Å². The largest absolute Gasteiger partial charge is 0.355 e. The Hall–Kier alpha value is -2.51. The standard InChI is InChI=1S/C11H10FN3O4/c12-8-4-7(15(18)19)1-2-9(8)14-11(17)6-3-10(16)13-5-6/h1-2,4,6H,3,5H2,(H,13,16)(H,14,17). The van der Waals surface area contributed by atoms with Gasteiger partial charge in [-0.3, -0.25) is 19.7 Å². The number of non-ortho nitro benzene ring substituents is 1. The molecule has 1 saturated heterocycles. The Morgan fingerprint density at radius 2 is 2.26 bits per heavy atom. The van der Waals surface area contributed by atoms with Gasteiger partial charge in [0, 0.05) is 19.0 Å². The molecule has 1 aliphatic heterocycles. The third-order valence-corrected chi connectivity index (χ3v) is 2.77. The summed E-state index contributed by atoms with van der Waals surface area (Å²) in [5, 5.41) is 15.2. The number of halogens is 1. The lowest BCUT2D eigenvalue weighted by Gasteiger charge is -2.09. The number of nitro benzene ring substituents is 1. The molecule has 0 aliphatic carbocycles. The molecule has 1 aromatic rings. The second-order valence-corrected chi connectivity index (χ2v) is 4.12. The minimum absolute atomic E-state index is 0.0560. The number of carbonyl (C=O) groups excluding carboxylic acids is 2. The van der Waals surface area contributed by atoms with E-state index in [0.717, 1.165) is 18.2 Å². The number of amides is 2. The summed E-state index contributed by atoms with van der Waals surface area (Å²) < 4.78 is 13.5. The van der Waals surface area contributed by atoms with Gasteiger partial charge in [0.15, 0.2) is 5.82 Å². The Morgan fingerprint density at radius 3 is 2.79 bits per heavy atom. The van der Waals surface area contributed by atoms with E-state index in [1.54, 1.807) is 0 Å². The van der Waals surface area contributed by atoms with Gasteiger partial charge < -0.3 is 10.6 Å². The highest BCUT2D eigenvalue weighted by molar-refractivity contribution is 5.97. The van der Waals surface area contributed by atoms with Crippen molar-refractivity contribution < 1.29 is 18.9 Å². The molecule has 0 bridgehead atoms. The summed E-state index contributed by atoms with van der Waals surface area (Å²) in [7, 11) is 0. The Kier molecular flexibility index (Phi) is 3.41. The van der Waals surface area contributed by atoms with Crippen LogP contribution in [0.3, 0.4) is 0 Å². The molecule has 2 amide bonds. The topological polar surface area (TPSA) is 101 Å². The molecule has 2 rings (SSSR count). The Morgan fingerprint density at radius 1 is 1.53 bits per heavy atom. The van der Waals surface area contributed by atoms with Crippen LogP contribution in [-0.2, 0) is 9.59 Å². The summed E-state index contributed by atoms with van der Waals surface area (Å²) in [6.45, 7) is 0.208. The van der Waals surface area contributed by atoms with Crippen molar-refractivity contribution in [1.29, 1.82) is 0 Å². The van der Waals surface area contributed by atoms with E-state index < -0.39 is 28.3 Å². The SMILES string of the molecule is O=C1CC(C(=O)Nc2ccc([N+](=O)[O-])cc2F)CN1. The lowest BCUT2D eigenvalue weighted by Crippen LogP contribution is -2.25. The van der Waals surface area contributed by atoms with Gasteiger partial charge in [-0.05, 0) is 6.07 Å². The van der Waals surface area contributed by atoms with Crippen molar-refractivity contribution in [3.8, 4) is 0 Å². The van der Waals surface area contributed by atoms with Crippen LogP contribution in [0, 0.1) is 21.8 Å². The van der Waals surface area contributed by atoms with Gasteiger partial charge >= 0.3 is 0 Å². The van der Waals surface area contributed by atoms with E-state index >= 15 is 0 Å². The number of benzene rings is 1. The highest BCUT2D eigenvalue weighted by Crippen LogP contribution is 2.21. The van der Waals surface area contributed by atoms with E-state index in [1.807, 2.05) is 0 Å². The smallest absolute Gasteiger partial charge is 0.272 e. The summed E-state index contributed by atoms with van der Waals surface area (Å²) in [4.78, 5) is 32.4. The molecule has 7 nitrogen and oxygen atoms in total. The van der Waals surface area contributed by atoms with Crippen molar-refractivity contribution in [2.75, 3.05) is 11.9 Å². The Labute approximate surface area is 106 Å². The van der Waals surface area contributed by atoms with Gasteiger partial charge in [0.05, 0.1) is 22.6 Å². The van der Waals surface area contributed by atoms with Gasteiger partial charge in [0.1, 0.15) is 0 Å². The zero-order valence-electron chi connectivity index (χ0n) is 9.68. The molecule has 8 heteroatoms. The molecular formula is C11H10FN3O4. The van der Waals surface area contributed by atoms with Crippen molar-refractivity contribution in [1.82, 2.24) is 5.32 Å². The van der Waals surface area contributed by atoms with E-state index in [2.05, 4.69) is 10.6 Å². The third-order valence-electron chi connectivity index (χ3n) is 2.77. The van der Waals surface area contributed by atoms with Crippen LogP contribution in [0.4, 0.5) is 15.8 Å². The molecule has 1 aromatic carbocycles. The predicted molar refractivity (Wildman–Crippen MR) is 62.8 cm³/mol. The predicted octanol–water partition coefficient (Wildman–Crippen LogP) is 0.808. The number of anilines is 1. The molecular weight excluding hydrogens is 257 g/mol. The quantitative estimate of drug-likeness (QED) is 0.625. The van der Waals surface area contributed by atoms with Crippen LogP contribution in [0.1, 0.15) is 6.42 Å². The van der Waals surface area contributed by atoms with Crippen molar-refractivity contribution in [2.24, 2.45) is 5.92 Å². The Bertz CT molecular complexity index is 561. The van der Waals surface area contributed by atoms with Gasteiger partial charge in [-0.25, -0.2) is 4.39 Å². The molecule has 1 heterocycles. The van der Waals surface area contributed by atoms with Crippen molar-refractivity contribution >= 4 is 23.2 Å². The number of nitrogens with one attached hydrogen (secondary N) is 2. The number of carbonyl (C=O) groups is 2. The summed E-state index contributed by atoms with van der Waals surface area (Å²) >= 11 is 0. The first kappa shape index (κ1) is 12.9. The van der Waals surface area contributed by atoms with Gasteiger partial charge in [-0.2, -0.15) is 0 Å². The van der Waals surface area contributed by atoms with Gasteiger partial charge in [0.25, 0.3) is 5.69 Å². The molecule has 0 spiro atoms. The van der Waals surface area contributed by atoms with Crippen LogP contribution >= 0.6 is 0 Å². The number of nitro groups is 1. The van der Waals surface area contributed by atoms with Crippen LogP contribution in [0.5, 0.6) is 0 Å². The lowest BCUT2D eigenvalue weighted by atomic mass is 10.1. The number of hydrogen-bond donors (Lipinski definition) is 2. The van der Waals surface area contributed by atoms with Crippen LogP contribution < -0.4 is 10.6 Å². The first-order valence-electron chi connectivity index (χ1n) is 5.49. The fourth-order valence-corrected chi connectivity index (χ4v) is 1.74. The maximum absolute atomic E-state index is 13.5. The first-order valence-corrected chi connectivity index (χ1v) is 5.49. The summed E-state index contributed by atoms with van der Waals surface area (Å²) in [6, 6.07) is 2.94. The second kappa shape index (κ2) is 5.01. The third kappa shape index (κ3) is 2.84. The molecule has 0 aromatic heterocycles. The zero-order valence-corrected chi connectivity index (χ0v) is 9.68. The van der Waals surface area contributed by atoms with Crippen LogP contribution in [-0.4, -0.2) is 23.3 Å². The van der Waals surface area contributed by atoms with Crippen LogP contribution in [0.2, 0.25) is 0 Å². The van der Waals surface area contributed by atoms with E-state index in [4.69, 9.17) is 0 Å². The summed E-state index contributed by atoms with van der Waals surface area (Å²) in [6.07, 6.45) is 0.0560. The molecule has 2 N–H and O–H groups in total. The zero-order chi connectivity index (χ0) is 14.0. The van der Waals surface area contributed by atoms with E-state index in [-0.39, 0.29) is 24.6 Å². The van der Waals surface area contributed by atoms with Gasteiger partial charge in [-0.15, -0.1) is 0 Å². The number of hydrogen-bond acceptors (Lipinski definition) is 4. The normalized spacial score (nSPS) is 17.9. The summed E-state index contributed by atoms with van der Waals surface area (Å²) in [5.74, 6) is -2.17. The summed E-state index contributed by atoms with van der Waals surface area (Å²) in [5.41, 5.74) is -0.539. The monoisotopic (exact) mass is 267 g/mol. The van der Waals surface area contributed by atoms with Crippen molar-refractivity contribution in [3.05, 3.63) is 34.1 Å². The fraction of sp³-hybridized carbons (Fsp3) is 0.273. The second-order valence-electron chi connectivity index (χ2n) is 4.12. The molecule has 1 fully saturated rings. The molecule has 100 valence electrons. The molecule has 1 aliphatic rings. The average Bonchev–Trinajstić information content (AvgIpc) is 2.78. The maximum Gasteiger partial charge on any atom is 0.272 e. The highest BCUT2D eigenvalue weighted by atomic mass is 19.1. The molecule has 0 radical (unpaired) electrons. The maximum atomic E-state index is 13.5. The minimum Gasteiger partial charge on any atom is -0.355 e. The Balaban J connectivity index is 2.09. The van der Waals surface area contributed by atoms with Gasteiger partial charge in [0.2, 0.25) is 11.8 Å². The number of nitrogens with zero attached hydrogens (tertiary/aromatic N) is 1. The molecule has 19 heavy (non-hydrogen) atoms. The highest BCUT2D eigenvalue weighted by Gasteiger charge is 2.28. The number of rotatable bonds is 3. The molecule has 1 unspecified atom stereocenters. The van der Waals surface area contributed by atoms with E-state index in [0.29, 0.717) is 0 Å². The van der Waals surface area contributed by atoms with Crippen molar-refractivity contribution in [2.45, 2.75) is 6.42 Å². The van der Waals surface area contributed by atoms with Crippen LogP contribution in [0.15, 0.2) is 18.2 Å². The first-order chi connectivity index (χ1) is 8.97. The minimum atomic E-state index is -0.889. The van der Waals surface area contributed by atoms with E-state index in [1.165, 1.54) is 0 Å². The average molecular weight is 267 g/mol. The molecule has 1 atom stereocenters. The molecule has 0 saturated carbocycles. The lowest BCUT2D eigenvalue weighted by molar-refractivity contribution is -0.385.